The van der Waals surface area contributed by atoms with Gasteiger partial charge in [0.05, 0.1) is 5.41 Å². The van der Waals surface area contributed by atoms with Crippen molar-refractivity contribution in [1.82, 2.24) is 0 Å². The van der Waals surface area contributed by atoms with Crippen LogP contribution in [-0.4, -0.2) is 6.71 Å². The van der Waals surface area contributed by atoms with Crippen LogP contribution in [0.4, 0.5) is 51.2 Å². The minimum Gasteiger partial charge on any atom is -0.311 e. The quantitative estimate of drug-likeness (QED) is 0.141. The van der Waals surface area contributed by atoms with E-state index in [9.17, 15) is 0 Å². The number of fused-ring (bicyclic) bond motifs is 7. The lowest BCUT2D eigenvalue weighted by molar-refractivity contribution is -0.00514. The third-order valence-corrected chi connectivity index (χ3v) is 18.6. The molecule has 358 valence electrons. The van der Waals surface area contributed by atoms with Crippen LogP contribution in [-0.2, 0) is 10.8 Å². The Balaban J connectivity index is 0.974. The molecule has 0 aromatic heterocycles. The number of benzene rings is 10. The summed E-state index contributed by atoms with van der Waals surface area (Å²) in [6.07, 6.45) is 8.10. The third kappa shape index (κ3) is 6.35. The highest BCUT2D eigenvalue weighted by Gasteiger charge is 2.54. The van der Waals surface area contributed by atoms with Gasteiger partial charge in [0.1, 0.15) is 0 Å². The summed E-state index contributed by atoms with van der Waals surface area (Å²) in [6, 6.07) is 94.3. The molecule has 17 rings (SSSR count). The highest BCUT2D eigenvalue weighted by molar-refractivity contribution is 7.00. The molecule has 10 aromatic carbocycles. The fourth-order valence-corrected chi connectivity index (χ4v) is 16.1. The number of hydrogen-bond donors (Lipinski definition) is 0. The molecule has 4 heteroatoms. The molecule has 5 aliphatic carbocycles. The van der Waals surface area contributed by atoms with Gasteiger partial charge in [0.2, 0.25) is 0 Å². The van der Waals surface area contributed by atoms with E-state index in [1.54, 1.807) is 0 Å². The molecule has 2 aliphatic heterocycles. The Labute approximate surface area is 441 Å². The minimum absolute atomic E-state index is 0.00480. The zero-order valence-corrected chi connectivity index (χ0v) is 42.1. The van der Waals surface area contributed by atoms with Crippen molar-refractivity contribution >= 4 is 74.3 Å². The molecule has 7 aliphatic rings. The molecular weight excluding hydrogens is 906 g/mol. The number of anilines is 9. The van der Waals surface area contributed by atoms with Crippen molar-refractivity contribution in [3.63, 3.8) is 0 Å². The first-order valence-electron chi connectivity index (χ1n) is 27.5. The molecule has 0 N–H and O–H groups in total. The van der Waals surface area contributed by atoms with Crippen molar-refractivity contribution in [1.29, 1.82) is 0 Å². The van der Waals surface area contributed by atoms with Gasteiger partial charge >= 0.3 is 0 Å². The highest BCUT2D eigenvalue weighted by atomic mass is 15.2. The number of hydrogen-bond acceptors (Lipinski definition) is 3. The van der Waals surface area contributed by atoms with Crippen LogP contribution in [0.1, 0.15) is 66.3 Å². The Kier molecular flexibility index (Phi) is 9.53. The summed E-state index contributed by atoms with van der Waals surface area (Å²) < 4.78 is 0. The van der Waals surface area contributed by atoms with Gasteiger partial charge in [0.25, 0.3) is 6.71 Å². The third-order valence-electron chi connectivity index (χ3n) is 18.6. The van der Waals surface area contributed by atoms with Crippen LogP contribution in [0.15, 0.2) is 249 Å². The average molecular weight is 962 g/mol. The molecule has 3 nitrogen and oxygen atoms in total. The normalized spacial score (nSPS) is 20.7. The van der Waals surface area contributed by atoms with Gasteiger partial charge in [-0.25, -0.2) is 0 Å². The van der Waals surface area contributed by atoms with E-state index in [0.29, 0.717) is 0 Å². The van der Waals surface area contributed by atoms with E-state index in [1.807, 2.05) is 0 Å². The van der Waals surface area contributed by atoms with Gasteiger partial charge in [-0.1, -0.05) is 170 Å². The predicted octanol–water partition coefficient (Wildman–Crippen LogP) is 16.1. The minimum atomic E-state index is -0.517. The van der Waals surface area contributed by atoms with Crippen molar-refractivity contribution in [2.45, 2.75) is 49.4 Å². The van der Waals surface area contributed by atoms with Gasteiger partial charge in [-0.15, -0.1) is 0 Å². The molecule has 10 aromatic rings. The van der Waals surface area contributed by atoms with Crippen molar-refractivity contribution < 1.29 is 0 Å². The summed E-state index contributed by atoms with van der Waals surface area (Å²) in [5.74, 6) is 2.43. The molecule has 2 heterocycles. The average Bonchev–Trinajstić information content (AvgIpc) is 3.79. The standard InChI is InChI=1S/C71H56BN3/c1-6-20-51(21-7-1)71(52-22-8-2-9-23-52)61-31-17-16-30-59(61)60-36-34-57(43-62(60)71)75-65-33-19-18-32-63(65)72-64-37-35-58(73(54-24-10-3-11-25-54)55-26-12-4-13-27-55)44-66(64)74(56-28-14-5-15-29-56)67-41-53(42-68(75)69(67)72)70-45-48-38-49(46-70)40-50(39-48)47-70/h1-37,41-44,48-50H,38-40,45-47H2. The molecule has 0 radical (unpaired) electrons. The van der Waals surface area contributed by atoms with Gasteiger partial charge in [0, 0.05) is 51.2 Å². The van der Waals surface area contributed by atoms with E-state index >= 15 is 0 Å². The highest BCUT2D eigenvalue weighted by Crippen LogP contribution is 2.63. The number of nitrogens with zero attached hydrogens (tertiary/aromatic N) is 3. The zero-order valence-electron chi connectivity index (χ0n) is 42.1. The summed E-state index contributed by atoms with van der Waals surface area (Å²) in [7, 11) is 0. The lowest BCUT2D eigenvalue weighted by Crippen LogP contribution is -2.61. The second-order valence-corrected chi connectivity index (χ2v) is 22.6. The Bertz CT molecular complexity index is 3720. The number of rotatable bonds is 8. The number of para-hydroxylation sites is 4. The molecule has 0 atom stereocenters. The monoisotopic (exact) mass is 961 g/mol. The molecule has 4 saturated carbocycles. The van der Waals surface area contributed by atoms with E-state index in [-0.39, 0.29) is 12.1 Å². The Hall–Kier alpha value is -8.34. The first kappa shape index (κ1) is 43.1. The lowest BCUT2D eigenvalue weighted by Gasteiger charge is -2.57. The maximum atomic E-state index is 2.72. The van der Waals surface area contributed by atoms with Gasteiger partial charge in [-0.2, -0.15) is 0 Å². The van der Waals surface area contributed by atoms with E-state index in [2.05, 4.69) is 263 Å². The second kappa shape index (κ2) is 16.6. The summed E-state index contributed by atoms with van der Waals surface area (Å²) in [4.78, 5) is 7.76. The Morgan fingerprint density at radius 1 is 0.360 bits per heavy atom. The van der Waals surface area contributed by atoms with Crippen LogP contribution in [0, 0.1) is 17.8 Å². The van der Waals surface area contributed by atoms with Gasteiger partial charge in [-0.3, -0.25) is 0 Å². The Morgan fingerprint density at radius 2 is 0.867 bits per heavy atom. The van der Waals surface area contributed by atoms with Gasteiger partial charge < -0.3 is 14.7 Å². The fourth-order valence-electron chi connectivity index (χ4n) is 16.1. The summed E-state index contributed by atoms with van der Waals surface area (Å²) in [5, 5.41) is 0. The van der Waals surface area contributed by atoms with Crippen molar-refractivity contribution in [2.75, 3.05) is 14.7 Å². The molecule has 0 unspecified atom stereocenters. The van der Waals surface area contributed by atoms with Crippen molar-refractivity contribution in [3.8, 4) is 11.1 Å². The van der Waals surface area contributed by atoms with E-state index < -0.39 is 5.41 Å². The van der Waals surface area contributed by atoms with E-state index in [4.69, 9.17) is 0 Å². The van der Waals surface area contributed by atoms with Crippen LogP contribution in [0.5, 0.6) is 0 Å². The van der Waals surface area contributed by atoms with Crippen LogP contribution >= 0.6 is 0 Å². The van der Waals surface area contributed by atoms with Crippen molar-refractivity contribution in [3.05, 3.63) is 277 Å². The molecule has 75 heavy (non-hydrogen) atoms. The maximum Gasteiger partial charge on any atom is 0.252 e. The zero-order chi connectivity index (χ0) is 49.2. The van der Waals surface area contributed by atoms with Crippen LogP contribution in [0.2, 0.25) is 0 Å². The van der Waals surface area contributed by atoms with Gasteiger partial charge in [0.15, 0.2) is 0 Å². The molecule has 4 bridgehead atoms. The second-order valence-electron chi connectivity index (χ2n) is 22.6. The lowest BCUT2D eigenvalue weighted by atomic mass is 9.33. The molecule has 4 fully saturated rings. The Morgan fingerprint density at radius 3 is 1.49 bits per heavy atom. The van der Waals surface area contributed by atoms with Crippen LogP contribution < -0.4 is 31.1 Å². The topological polar surface area (TPSA) is 9.72 Å². The fraction of sp³-hybridized carbons (Fsp3) is 0.155. The molecule has 0 saturated heterocycles. The predicted molar refractivity (Wildman–Crippen MR) is 312 cm³/mol. The molecule has 0 amide bonds. The van der Waals surface area contributed by atoms with Gasteiger partial charge in [-0.05, 0) is 196 Å². The van der Waals surface area contributed by atoms with Crippen molar-refractivity contribution in [2.24, 2.45) is 17.8 Å². The first-order chi connectivity index (χ1) is 37.1. The van der Waals surface area contributed by atoms with E-state index in [0.717, 1.165) is 34.8 Å². The SMILES string of the molecule is c1ccc(N(c2ccccc2)c2ccc3c(c2)N(c2ccccc2)c2cc(C45CC6CC(CC(C6)C4)C5)cc4c2B3c2ccccc2N4c2ccc3c(c2)C(c2ccccc2)(c2ccccc2)c2ccccc2-3)cc1. The van der Waals surface area contributed by atoms with Crippen LogP contribution in [0.3, 0.4) is 0 Å². The van der Waals surface area contributed by atoms with E-state index in [1.165, 1.54) is 128 Å². The van der Waals surface area contributed by atoms with Crippen LogP contribution in [0.25, 0.3) is 11.1 Å². The first-order valence-corrected chi connectivity index (χ1v) is 27.5. The maximum absolute atomic E-state index is 2.72. The smallest absolute Gasteiger partial charge is 0.252 e. The summed E-state index contributed by atoms with van der Waals surface area (Å²) in [5.41, 5.74) is 23.9. The summed E-state index contributed by atoms with van der Waals surface area (Å²) in [6.45, 7) is 0.00480. The largest absolute Gasteiger partial charge is 0.311 e. The molecular formula is C71H56BN3. The molecule has 0 spiro atoms. The summed E-state index contributed by atoms with van der Waals surface area (Å²) >= 11 is 0.